The molecule has 0 atom stereocenters. The van der Waals surface area contributed by atoms with Gasteiger partial charge in [0.1, 0.15) is 0 Å². The lowest BCUT2D eigenvalue weighted by Gasteiger charge is -2.07. The smallest absolute Gasteiger partial charge is 0.0278 e. The molecule has 0 aliphatic heterocycles. The lowest BCUT2D eigenvalue weighted by atomic mass is 10.3. The molecule has 0 saturated carbocycles. The minimum absolute atomic E-state index is 0.461. The van der Waals surface area contributed by atoms with E-state index in [0.29, 0.717) is 12.1 Å². The van der Waals surface area contributed by atoms with Crippen molar-refractivity contribution in [1.82, 2.24) is 10.6 Å². The molecule has 0 aliphatic carbocycles. The normalized spacial score (nSPS) is 11.4. The zero-order valence-corrected chi connectivity index (χ0v) is 7.46. The Morgan fingerprint density at radius 1 is 0.800 bits per heavy atom. The number of hydrogen-bond donors (Lipinski definition) is 0. The van der Waals surface area contributed by atoms with E-state index in [0.717, 1.165) is 13.1 Å². The van der Waals surface area contributed by atoms with Gasteiger partial charge in [0.15, 0.2) is 0 Å². The van der Waals surface area contributed by atoms with Crippen molar-refractivity contribution in [1.29, 1.82) is 0 Å². The van der Waals surface area contributed by atoms with Gasteiger partial charge in [0.2, 0.25) is 0 Å². The highest BCUT2D eigenvalue weighted by molar-refractivity contribution is 4.56. The zero-order valence-electron chi connectivity index (χ0n) is 7.46. The van der Waals surface area contributed by atoms with Crippen molar-refractivity contribution < 1.29 is 0 Å². The lowest BCUT2D eigenvalue weighted by Crippen LogP contribution is -2.25. The van der Waals surface area contributed by atoms with E-state index in [1.807, 2.05) is 0 Å². The first-order valence-corrected chi connectivity index (χ1v) is 3.96. The van der Waals surface area contributed by atoms with Crippen LogP contribution in [-0.4, -0.2) is 25.2 Å². The Morgan fingerprint density at radius 2 is 1.10 bits per heavy atom. The predicted molar refractivity (Wildman–Crippen MR) is 44.3 cm³/mol. The van der Waals surface area contributed by atoms with Crippen molar-refractivity contribution in [2.75, 3.05) is 13.1 Å². The van der Waals surface area contributed by atoms with Gasteiger partial charge in [0.25, 0.3) is 0 Å². The van der Waals surface area contributed by atoms with E-state index in [4.69, 9.17) is 0 Å². The average Bonchev–Trinajstić information content (AvgIpc) is 1.79. The fraction of sp³-hybridized carbons (Fsp3) is 1.00. The van der Waals surface area contributed by atoms with E-state index >= 15 is 0 Å². The minimum Gasteiger partial charge on any atom is -0.238 e. The van der Waals surface area contributed by atoms with Crippen molar-refractivity contribution in [3.05, 3.63) is 0 Å². The second-order valence-electron chi connectivity index (χ2n) is 3.00. The molecule has 2 heteroatoms. The maximum Gasteiger partial charge on any atom is 0.0278 e. The Labute approximate surface area is 64.4 Å². The maximum absolute atomic E-state index is 4.30. The first kappa shape index (κ1) is 9.92. The van der Waals surface area contributed by atoms with E-state index in [9.17, 15) is 0 Å². The summed E-state index contributed by atoms with van der Waals surface area (Å²) in [7, 11) is 0. The summed E-state index contributed by atoms with van der Waals surface area (Å²) in [6.07, 6.45) is 0. The molecule has 0 heterocycles. The molecular formula is C8H18N2. The van der Waals surface area contributed by atoms with Crippen LogP contribution in [0.1, 0.15) is 27.7 Å². The van der Waals surface area contributed by atoms with Crippen molar-refractivity contribution in [2.45, 2.75) is 39.8 Å². The van der Waals surface area contributed by atoms with Crippen molar-refractivity contribution >= 4 is 0 Å². The van der Waals surface area contributed by atoms with Crippen LogP contribution in [0.15, 0.2) is 0 Å². The van der Waals surface area contributed by atoms with Crippen LogP contribution < -0.4 is 10.6 Å². The van der Waals surface area contributed by atoms with Gasteiger partial charge in [-0.25, -0.2) is 10.6 Å². The van der Waals surface area contributed by atoms with Crippen molar-refractivity contribution in [3.8, 4) is 0 Å². The van der Waals surface area contributed by atoms with Crippen LogP contribution in [0.25, 0.3) is 0 Å². The Bertz CT molecular complexity index is 59.7. The van der Waals surface area contributed by atoms with E-state index in [2.05, 4.69) is 38.3 Å². The number of hydrogen-bond acceptors (Lipinski definition) is 0. The minimum atomic E-state index is 0.461. The highest BCUT2D eigenvalue weighted by Gasteiger charge is 1.95. The third-order valence-electron chi connectivity index (χ3n) is 1.09. The third kappa shape index (κ3) is 7.92. The molecule has 0 aromatic heterocycles. The van der Waals surface area contributed by atoms with E-state index in [-0.39, 0.29) is 0 Å². The van der Waals surface area contributed by atoms with Gasteiger partial charge >= 0.3 is 0 Å². The quantitative estimate of drug-likeness (QED) is 0.513. The number of rotatable bonds is 5. The Balaban J connectivity index is 2.91. The standard InChI is InChI=1S/C8H18N2/c1-7(2)9-5-6-10-8(3)4/h7-8H,5-6H2,1-4H3. The number of nitrogens with zero attached hydrogens (tertiary/aromatic N) is 2. The van der Waals surface area contributed by atoms with Crippen LogP contribution in [0.5, 0.6) is 0 Å². The molecule has 0 aromatic rings. The summed E-state index contributed by atoms with van der Waals surface area (Å²) in [6, 6.07) is 0.921. The highest BCUT2D eigenvalue weighted by Crippen LogP contribution is 1.80. The Hall–Kier alpha value is -0.0800. The fourth-order valence-electron chi connectivity index (χ4n) is 0.632. The average molecular weight is 142 g/mol. The second kappa shape index (κ2) is 5.69. The summed E-state index contributed by atoms with van der Waals surface area (Å²) in [6.45, 7) is 10.1. The summed E-state index contributed by atoms with van der Waals surface area (Å²) in [5.74, 6) is 0. The molecule has 0 bridgehead atoms. The lowest BCUT2D eigenvalue weighted by molar-refractivity contribution is 0.510. The van der Waals surface area contributed by atoms with Crippen LogP contribution in [-0.2, 0) is 0 Å². The molecular weight excluding hydrogens is 124 g/mol. The van der Waals surface area contributed by atoms with Crippen molar-refractivity contribution in [3.63, 3.8) is 0 Å². The third-order valence-corrected chi connectivity index (χ3v) is 1.09. The molecule has 0 unspecified atom stereocenters. The summed E-state index contributed by atoms with van der Waals surface area (Å²) < 4.78 is 0. The Morgan fingerprint density at radius 3 is 1.30 bits per heavy atom. The molecule has 0 spiro atoms. The van der Waals surface area contributed by atoms with Gasteiger partial charge in [-0.15, -0.1) is 0 Å². The zero-order chi connectivity index (χ0) is 7.98. The summed E-state index contributed by atoms with van der Waals surface area (Å²) >= 11 is 0. The van der Waals surface area contributed by atoms with Gasteiger partial charge in [-0.1, -0.05) is 0 Å². The topological polar surface area (TPSA) is 28.2 Å². The fourth-order valence-corrected chi connectivity index (χ4v) is 0.632. The molecule has 0 N–H and O–H groups in total. The first-order chi connectivity index (χ1) is 4.63. The van der Waals surface area contributed by atoms with Gasteiger partial charge < -0.3 is 0 Å². The second-order valence-corrected chi connectivity index (χ2v) is 3.00. The first-order valence-electron chi connectivity index (χ1n) is 3.96. The van der Waals surface area contributed by atoms with Crippen LogP contribution in [0.3, 0.4) is 0 Å². The van der Waals surface area contributed by atoms with Gasteiger partial charge in [0.05, 0.1) is 0 Å². The summed E-state index contributed by atoms with van der Waals surface area (Å²) in [4.78, 5) is 0. The molecule has 60 valence electrons. The highest BCUT2D eigenvalue weighted by atomic mass is 15.0. The molecule has 0 amide bonds. The monoisotopic (exact) mass is 142 g/mol. The van der Waals surface area contributed by atoms with Gasteiger partial charge in [-0.3, -0.25) is 0 Å². The molecule has 0 aromatic carbocycles. The van der Waals surface area contributed by atoms with Crippen LogP contribution in [0.4, 0.5) is 0 Å². The molecule has 0 saturated heterocycles. The SMILES string of the molecule is CC(C)[N]CC[N]C(C)C. The van der Waals surface area contributed by atoms with E-state index in [1.54, 1.807) is 0 Å². The molecule has 10 heavy (non-hydrogen) atoms. The summed E-state index contributed by atoms with van der Waals surface area (Å²) in [5, 5.41) is 8.61. The van der Waals surface area contributed by atoms with Gasteiger partial charge in [0, 0.05) is 25.2 Å². The van der Waals surface area contributed by atoms with Gasteiger partial charge in [-0.2, -0.15) is 0 Å². The van der Waals surface area contributed by atoms with Gasteiger partial charge in [-0.05, 0) is 27.7 Å². The molecule has 2 nitrogen and oxygen atoms in total. The molecule has 2 radical (unpaired) electrons. The molecule has 0 fully saturated rings. The Kier molecular flexibility index (Phi) is 5.64. The predicted octanol–water partition coefficient (Wildman–Crippen LogP) is 1.01. The van der Waals surface area contributed by atoms with Crippen LogP contribution >= 0.6 is 0 Å². The molecule has 0 aliphatic rings. The maximum atomic E-state index is 4.30. The van der Waals surface area contributed by atoms with Crippen LogP contribution in [0.2, 0.25) is 0 Å². The van der Waals surface area contributed by atoms with E-state index in [1.165, 1.54) is 0 Å². The van der Waals surface area contributed by atoms with Crippen molar-refractivity contribution in [2.24, 2.45) is 0 Å². The largest absolute Gasteiger partial charge is 0.238 e. The summed E-state index contributed by atoms with van der Waals surface area (Å²) in [5.41, 5.74) is 0. The molecule has 0 rings (SSSR count). The van der Waals surface area contributed by atoms with Crippen LogP contribution in [0, 0.1) is 0 Å². The van der Waals surface area contributed by atoms with E-state index < -0.39 is 0 Å².